The first kappa shape index (κ1) is 17.2. The Balaban J connectivity index is 2.09. The molecule has 3 rings (SSSR count). The van der Waals surface area contributed by atoms with Crippen LogP contribution in [0.5, 0.6) is 11.5 Å². The van der Waals surface area contributed by atoms with Gasteiger partial charge in [0.1, 0.15) is 12.5 Å². The van der Waals surface area contributed by atoms with Crippen molar-refractivity contribution in [3.63, 3.8) is 0 Å². The van der Waals surface area contributed by atoms with E-state index in [0.29, 0.717) is 30.5 Å². The van der Waals surface area contributed by atoms with Gasteiger partial charge >= 0.3 is 0 Å². The van der Waals surface area contributed by atoms with E-state index in [4.69, 9.17) is 4.74 Å². The Morgan fingerprint density at radius 3 is 2.92 bits per heavy atom. The number of amides is 1. The minimum Gasteiger partial charge on any atom is -0.504 e. The number of nitrogens with one attached hydrogen (secondary N) is 1. The first-order valence-electron chi connectivity index (χ1n) is 7.95. The van der Waals surface area contributed by atoms with Gasteiger partial charge in [-0.15, -0.1) is 0 Å². The van der Waals surface area contributed by atoms with E-state index >= 15 is 0 Å². The molecular weight excluding hydrogens is 326 g/mol. The van der Waals surface area contributed by atoms with Gasteiger partial charge in [0.25, 0.3) is 5.91 Å². The molecule has 1 aromatic carbocycles. The van der Waals surface area contributed by atoms with Crippen LogP contribution in [-0.2, 0) is 4.79 Å². The number of aromatic hydroxyl groups is 1. The Labute approximate surface area is 145 Å². The van der Waals surface area contributed by atoms with Gasteiger partial charge in [-0.05, 0) is 12.5 Å². The first-order chi connectivity index (χ1) is 12.0. The topological polar surface area (TPSA) is 102 Å². The van der Waals surface area contributed by atoms with Gasteiger partial charge in [-0.2, -0.15) is 0 Å². The summed E-state index contributed by atoms with van der Waals surface area (Å²) < 4.78 is 5.11. The van der Waals surface area contributed by atoms with E-state index in [-0.39, 0.29) is 30.6 Å². The molecule has 1 fully saturated rings. The first-order valence-corrected chi connectivity index (χ1v) is 7.95. The van der Waals surface area contributed by atoms with Crippen molar-refractivity contribution >= 4 is 17.9 Å². The molecule has 1 unspecified atom stereocenters. The van der Waals surface area contributed by atoms with Crippen LogP contribution in [-0.4, -0.2) is 66.4 Å². The minimum absolute atomic E-state index is 0.107. The summed E-state index contributed by atoms with van der Waals surface area (Å²) in [5.41, 5.74) is 1.57. The van der Waals surface area contributed by atoms with Gasteiger partial charge in [0, 0.05) is 12.6 Å². The lowest BCUT2D eigenvalue weighted by molar-refractivity contribution is -0.107. The van der Waals surface area contributed by atoms with Crippen LogP contribution >= 0.6 is 0 Å². The molecule has 0 radical (unpaired) electrons. The van der Waals surface area contributed by atoms with Crippen molar-refractivity contribution in [3.8, 4) is 11.5 Å². The number of aliphatic hydroxyl groups is 1. The molecule has 2 aliphatic heterocycles. The van der Waals surface area contributed by atoms with Crippen molar-refractivity contribution < 1.29 is 24.5 Å². The lowest BCUT2D eigenvalue weighted by Crippen LogP contribution is -2.51. The largest absolute Gasteiger partial charge is 0.504 e. The van der Waals surface area contributed by atoms with E-state index < -0.39 is 12.3 Å². The number of nitrogens with zero attached hydrogens (tertiary/aromatic N) is 2. The monoisotopic (exact) mass is 347 g/mol. The molecule has 1 amide bonds. The molecule has 0 saturated carbocycles. The lowest BCUT2D eigenvalue weighted by atomic mass is 10.1. The number of hydrogen-bond donors (Lipinski definition) is 3. The number of fused-ring (bicyclic) bond motifs is 2. The Bertz CT molecular complexity index is 720. The zero-order valence-electron chi connectivity index (χ0n) is 13.9. The average Bonchev–Trinajstić information content (AvgIpc) is 2.96. The van der Waals surface area contributed by atoms with Gasteiger partial charge in [-0.3, -0.25) is 10.1 Å². The van der Waals surface area contributed by atoms with Crippen molar-refractivity contribution in [2.24, 2.45) is 0 Å². The Hall–Kier alpha value is -2.58. The van der Waals surface area contributed by atoms with E-state index in [1.165, 1.54) is 19.2 Å². The Kier molecular flexibility index (Phi) is 4.65. The van der Waals surface area contributed by atoms with Gasteiger partial charge in [0.2, 0.25) is 0 Å². The number of carbonyl (C=O) groups is 2. The normalized spacial score (nSPS) is 22.5. The summed E-state index contributed by atoms with van der Waals surface area (Å²) in [6.07, 6.45) is 0.205. The molecule has 2 aliphatic rings. The molecule has 1 aromatic rings. The summed E-state index contributed by atoms with van der Waals surface area (Å²) in [4.78, 5) is 26.7. The van der Waals surface area contributed by atoms with Crippen LogP contribution in [0.25, 0.3) is 0 Å². The number of ether oxygens (including phenoxy) is 1. The van der Waals surface area contributed by atoms with Crippen molar-refractivity contribution in [2.45, 2.75) is 18.7 Å². The van der Waals surface area contributed by atoms with Gasteiger partial charge in [-0.25, -0.2) is 0 Å². The lowest BCUT2D eigenvalue weighted by Gasteiger charge is -2.33. The summed E-state index contributed by atoms with van der Waals surface area (Å²) in [5, 5.41) is 23.9. The number of phenols is 1. The highest BCUT2D eigenvalue weighted by atomic mass is 16.5. The van der Waals surface area contributed by atoms with Gasteiger partial charge in [-0.1, -0.05) is 12.2 Å². The van der Waals surface area contributed by atoms with Crippen molar-refractivity contribution in [2.75, 3.05) is 31.8 Å². The molecule has 25 heavy (non-hydrogen) atoms. The number of methoxy groups -OCH3 is 1. The number of benzene rings is 1. The maximum Gasteiger partial charge on any atom is 0.256 e. The van der Waals surface area contributed by atoms with E-state index in [1.807, 2.05) is 0 Å². The van der Waals surface area contributed by atoms with Crippen molar-refractivity contribution in [1.82, 2.24) is 10.2 Å². The standard InChI is InChI=1S/C17H21N3O5/c1-10-5-13-17(24)20(9-18-3-4-21)12-7-14(22)15(25-2)6-11(12)16(23)19(13)8-10/h4,6-7,13,17-18,22,24H,1,3,5,8-9H2,2H3/t13-,17?/m0/s1. The van der Waals surface area contributed by atoms with Crippen LogP contribution in [0, 0.1) is 0 Å². The average molecular weight is 347 g/mol. The second-order valence-electron chi connectivity index (χ2n) is 6.16. The molecule has 8 heteroatoms. The number of anilines is 1. The van der Waals surface area contributed by atoms with E-state index in [2.05, 4.69) is 11.9 Å². The highest BCUT2D eigenvalue weighted by Gasteiger charge is 2.43. The zero-order valence-corrected chi connectivity index (χ0v) is 13.9. The summed E-state index contributed by atoms with van der Waals surface area (Å²) in [6, 6.07) is 2.42. The third-order valence-corrected chi connectivity index (χ3v) is 4.56. The Morgan fingerprint density at radius 2 is 2.24 bits per heavy atom. The van der Waals surface area contributed by atoms with Gasteiger partial charge < -0.3 is 29.5 Å². The fourth-order valence-electron chi connectivity index (χ4n) is 3.37. The molecule has 134 valence electrons. The predicted octanol–water partition coefficient (Wildman–Crippen LogP) is 0.0559. The summed E-state index contributed by atoms with van der Waals surface area (Å²) in [6.45, 7) is 4.55. The summed E-state index contributed by atoms with van der Waals surface area (Å²) in [5.74, 6) is -0.208. The molecular formula is C17H21N3O5. The third-order valence-electron chi connectivity index (χ3n) is 4.56. The van der Waals surface area contributed by atoms with E-state index in [9.17, 15) is 19.8 Å². The molecule has 0 aromatic heterocycles. The van der Waals surface area contributed by atoms with Gasteiger partial charge in [0.15, 0.2) is 11.5 Å². The molecule has 2 heterocycles. The molecule has 0 spiro atoms. The summed E-state index contributed by atoms with van der Waals surface area (Å²) in [7, 11) is 1.40. The maximum absolute atomic E-state index is 13.0. The smallest absolute Gasteiger partial charge is 0.256 e. The second kappa shape index (κ2) is 6.73. The maximum atomic E-state index is 13.0. The predicted molar refractivity (Wildman–Crippen MR) is 90.7 cm³/mol. The quantitative estimate of drug-likeness (QED) is 0.393. The number of aliphatic hydroxyl groups excluding tert-OH is 1. The molecule has 0 bridgehead atoms. The summed E-state index contributed by atoms with van der Waals surface area (Å²) >= 11 is 0. The van der Waals surface area contributed by atoms with Crippen LogP contribution in [0.2, 0.25) is 0 Å². The van der Waals surface area contributed by atoms with Crippen molar-refractivity contribution in [3.05, 3.63) is 29.8 Å². The number of aldehydes is 1. The molecule has 2 atom stereocenters. The molecule has 0 aliphatic carbocycles. The second-order valence-corrected chi connectivity index (χ2v) is 6.16. The number of rotatable bonds is 5. The fourth-order valence-corrected chi connectivity index (χ4v) is 3.37. The van der Waals surface area contributed by atoms with Gasteiger partial charge in [0.05, 0.1) is 37.6 Å². The van der Waals surface area contributed by atoms with Crippen LogP contribution in [0.4, 0.5) is 5.69 Å². The van der Waals surface area contributed by atoms with Crippen molar-refractivity contribution in [1.29, 1.82) is 0 Å². The number of hydrogen-bond acceptors (Lipinski definition) is 7. The highest BCUT2D eigenvalue weighted by Crippen LogP contribution is 2.40. The van der Waals surface area contributed by atoms with E-state index in [0.717, 1.165) is 5.57 Å². The molecule has 1 saturated heterocycles. The van der Waals surface area contributed by atoms with E-state index in [1.54, 1.807) is 9.80 Å². The van der Waals surface area contributed by atoms with Crippen LogP contribution in [0.1, 0.15) is 16.8 Å². The Morgan fingerprint density at radius 1 is 1.48 bits per heavy atom. The fraction of sp³-hybridized carbons (Fsp3) is 0.412. The molecule has 8 nitrogen and oxygen atoms in total. The third kappa shape index (κ3) is 2.94. The van der Waals surface area contributed by atoms with Crippen LogP contribution in [0.3, 0.4) is 0 Å². The van der Waals surface area contributed by atoms with Crippen LogP contribution in [0.15, 0.2) is 24.3 Å². The SMILES string of the molecule is C=C1C[C@H]2C(O)N(CNCC=O)c3cc(O)c(OC)cc3C(=O)N2C1. The van der Waals surface area contributed by atoms with Crippen LogP contribution < -0.4 is 15.0 Å². The molecule has 3 N–H and O–H groups in total. The minimum atomic E-state index is -1.00. The highest BCUT2D eigenvalue weighted by molar-refractivity contribution is 6.02. The zero-order chi connectivity index (χ0) is 18.1. The number of phenolic OH excluding ortho intramolecular Hbond substituents is 1. The number of carbonyl (C=O) groups excluding carboxylic acids is 2.